The Morgan fingerprint density at radius 3 is 2.87 bits per heavy atom. The quantitative estimate of drug-likeness (QED) is 0.791. The molecule has 1 aromatic rings. The lowest BCUT2D eigenvalue weighted by molar-refractivity contribution is 0.474. The molecule has 1 fully saturated rings. The third kappa shape index (κ3) is 2.66. The molecule has 1 aliphatic rings. The molecule has 0 heterocycles. The van der Waals surface area contributed by atoms with E-state index in [1.54, 1.807) is 23.9 Å². The molecular weight excluding hydrogens is 206 g/mol. The zero-order chi connectivity index (χ0) is 10.7. The van der Waals surface area contributed by atoms with E-state index in [1.807, 2.05) is 12.1 Å². The largest absolute Gasteiger partial charge is 0.508 e. The molecule has 1 aromatic carbocycles. The van der Waals surface area contributed by atoms with Crippen LogP contribution in [0.3, 0.4) is 0 Å². The molecule has 2 nitrogen and oxygen atoms in total. The predicted octanol–water partition coefficient (Wildman–Crippen LogP) is 3.18. The highest BCUT2D eigenvalue weighted by Gasteiger charge is 2.42. The number of benzene rings is 1. The summed E-state index contributed by atoms with van der Waals surface area (Å²) in [6.07, 6.45) is 3.01. The van der Waals surface area contributed by atoms with Gasteiger partial charge in [0.1, 0.15) is 5.75 Å². The van der Waals surface area contributed by atoms with Gasteiger partial charge in [-0.1, -0.05) is 6.07 Å². The van der Waals surface area contributed by atoms with E-state index in [1.165, 1.54) is 12.8 Å². The van der Waals surface area contributed by atoms with Gasteiger partial charge < -0.3 is 5.11 Å². The Kier molecular flexibility index (Phi) is 2.88. The lowest BCUT2D eigenvalue weighted by atomic mass is 10.1. The highest BCUT2D eigenvalue weighted by Crippen LogP contribution is 2.51. The average molecular weight is 219 g/mol. The van der Waals surface area contributed by atoms with Crippen LogP contribution in [0.25, 0.3) is 0 Å². The number of hydrogen-bond acceptors (Lipinski definition) is 3. The van der Waals surface area contributed by atoms with Crippen LogP contribution in [0.2, 0.25) is 0 Å². The van der Waals surface area contributed by atoms with Gasteiger partial charge in [-0.05, 0) is 36.5 Å². The predicted molar refractivity (Wildman–Crippen MR) is 60.7 cm³/mol. The molecule has 1 N–H and O–H groups in total. The molecule has 0 amide bonds. The van der Waals surface area contributed by atoms with E-state index in [0.717, 1.165) is 10.6 Å². The van der Waals surface area contributed by atoms with Crippen LogP contribution in [0.1, 0.15) is 19.3 Å². The van der Waals surface area contributed by atoms with Crippen LogP contribution < -0.4 is 0 Å². The molecule has 0 aromatic heterocycles. The lowest BCUT2D eigenvalue weighted by Gasteiger charge is -2.09. The minimum Gasteiger partial charge on any atom is -0.508 e. The minimum atomic E-state index is 0.269. The van der Waals surface area contributed by atoms with Crippen molar-refractivity contribution in [3.05, 3.63) is 24.3 Å². The summed E-state index contributed by atoms with van der Waals surface area (Å²) in [5, 5.41) is 18.0. The highest BCUT2D eigenvalue weighted by molar-refractivity contribution is 7.99. The SMILES string of the molecule is N#CCC1(CSc2cccc(O)c2)CC1. The Bertz CT molecular complexity index is 393. The number of phenols is 1. The van der Waals surface area contributed by atoms with Gasteiger partial charge in [0.05, 0.1) is 6.07 Å². The van der Waals surface area contributed by atoms with Crippen molar-refractivity contribution in [2.24, 2.45) is 5.41 Å². The topological polar surface area (TPSA) is 44.0 Å². The summed E-state index contributed by atoms with van der Waals surface area (Å²) in [6.45, 7) is 0. The van der Waals surface area contributed by atoms with E-state index in [0.29, 0.717) is 12.2 Å². The summed E-state index contributed by atoms with van der Waals surface area (Å²) >= 11 is 1.73. The third-order valence-corrected chi connectivity index (χ3v) is 4.12. The van der Waals surface area contributed by atoms with Crippen LogP contribution >= 0.6 is 11.8 Å². The van der Waals surface area contributed by atoms with Gasteiger partial charge in [0.15, 0.2) is 0 Å². The minimum absolute atomic E-state index is 0.269. The highest BCUT2D eigenvalue weighted by atomic mass is 32.2. The van der Waals surface area contributed by atoms with Crippen molar-refractivity contribution in [1.82, 2.24) is 0 Å². The molecule has 0 atom stereocenters. The Labute approximate surface area is 93.9 Å². The van der Waals surface area contributed by atoms with E-state index in [-0.39, 0.29) is 5.41 Å². The third-order valence-electron chi connectivity index (χ3n) is 2.77. The molecule has 0 aliphatic heterocycles. The standard InChI is InChI=1S/C12H13NOS/c13-7-6-12(4-5-12)9-15-11-3-1-2-10(14)8-11/h1-3,8,14H,4-6,9H2. The number of nitrogens with zero attached hydrogens (tertiary/aromatic N) is 1. The van der Waals surface area contributed by atoms with Crippen LogP contribution in [-0.4, -0.2) is 10.9 Å². The number of hydrogen-bond donors (Lipinski definition) is 1. The fourth-order valence-corrected chi connectivity index (χ4v) is 2.77. The van der Waals surface area contributed by atoms with Gasteiger partial charge in [-0.2, -0.15) is 5.26 Å². The first kappa shape index (κ1) is 10.4. The monoisotopic (exact) mass is 219 g/mol. The molecule has 0 saturated heterocycles. The van der Waals surface area contributed by atoms with Crippen LogP contribution in [-0.2, 0) is 0 Å². The maximum Gasteiger partial charge on any atom is 0.116 e. The second-order valence-electron chi connectivity index (χ2n) is 4.12. The van der Waals surface area contributed by atoms with Gasteiger partial charge in [-0.3, -0.25) is 0 Å². The van der Waals surface area contributed by atoms with Crippen molar-refractivity contribution in [3.8, 4) is 11.8 Å². The van der Waals surface area contributed by atoms with E-state index in [9.17, 15) is 5.11 Å². The Balaban J connectivity index is 1.91. The van der Waals surface area contributed by atoms with Gasteiger partial charge in [0, 0.05) is 17.1 Å². The Morgan fingerprint density at radius 1 is 1.47 bits per heavy atom. The van der Waals surface area contributed by atoms with Crippen LogP contribution in [0.15, 0.2) is 29.2 Å². The molecule has 0 bridgehead atoms. The maximum absolute atomic E-state index is 9.30. The van der Waals surface area contributed by atoms with Crippen molar-refractivity contribution >= 4 is 11.8 Å². The first-order valence-electron chi connectivity index (χ1n) is 5.03. The van der Waals surface area contributed by atoms with Gasteiger partial charge in [-0.25, -0.2) is 0 Å². The second kappa shape index (κ2) is 4.16. The van der Waals surface area contributed by atoms with Gasteiger partial charge >= 0.3 is 0 Å². The molecule has 3 heteroatoms. The zero-order valence-electron chi connectivity index (χ0n) is 8.44. The van der Waals surface area contributed by atoms with Crippen molar-refractivity contribution in [3.63, 3.8) is 0 Å². The lowest BCUT2D eigenvalue weighted by Crippen LogP contribution is -2.02. The summed E-state index contributed by atoms with van der Waals surface area (Å²) in [5.74, 6) is 1.30. The molecule has 0 unspecified atom stereocenters. The van der Waals surface area contributed by atoms with Crippen molar-refractivity contribution < 1.29 is 5.11 Å². The summed E-state index contributed by atoms with van der Waals surface area (Å²) in [7, 11) is 0. The fourth-order valence-electron chi connectivity index (χ4n) is 1.53. The van der Waals surface area contributed by atoms with Crippen molar-refractivity contribution in [2.45, 2.75) is 24.2 Å². The van der Waals surface area contributed by atoms with E-state index >= 15 is 0 Å². The van der Waals surface area contributed by atoms with E-state index < -0.39 is 0 Å². The van der Waals surface area contributed by atoms with Gasteiger partial charge in [0.2, 0.25) is 0 Å². The molecule has 1 saturated carbocycles. The van der Waals surface area contributed by atoms with E-state index in [2.05, 4.69) is 6.07 Å². The first-order chi connectivity index (χ1) is 7.24. The molecule has 15 heavy (non-hydrogen) atoms. The van der Waals surface area contributed by atoms with E-state index in [4.69, 9.17) is 5.26 Å². The smallest absolute Gasteiger partial charge is 0.116 e. The summed E-state index contributed by atoms with van der Waals surface area (Å²) in [5.41, 5.74) is 0.269. The van der Waals surface area contributed by atoms with Crippen LogP contribution in [0.5, 0.6) is 5.75 Å². The molecule has 0 spiro atoms. The maximum atomic E-state index is 9.30. The van der Waals surface area contributed by atoms with Gasteiger partial charge in [-0.15, -0.1) is 11.8 Å². The fraction of sp³-hybridized carbons (Fsp3) is 0.417. The Hall–Kier alpha value is -1.14. The number of nitriles is 1. The number of rotatable bonds is 4. The summed E-state index contributed by atoms with van der Waals surface area (Å²) in [4.78, 5) is 1.08. The number of aromatic hydroxyl groups is 1. The number of phenolic OH excluding ortho intramolecular Hbond substituents is 1. The molecule has 0 radical (unpaired) electrons. The molecule has 1 aliphatic carbocycles. The zero-order valence-corrected chi connectivity index (χ0v) is 9.26. The summed E-state index contributed by atoms with van der Waals surface area (Å²) in [6, 6.07) is 9.54. The summed E-state index contributed by atoms with van der Waals surface area (Å²) < 4.78 is 0. The van der Waals surface area contributed by atoms with Crippen molar-refractivity contribution in [2.75, 3.05) is 5.75 Å². The van der Waals surface area contributed by atoms with Crippen LogP contribution in [0, 0.1) is 16.7 Å². The normalized spacial score (nSPS) is 17.0. The number of thioether (sulfide) groups is 1. The van der Waals surface area contributed by atoms with Crippen LogP contribution in [0.4, 0.5) is 0 Å². The first-order valence-corrected chi connectivity index (χ1v) is 6.01. The van der Waals surface area contributed by atoms with Gasteiger partial charge in [0.25, 0.3) is 0 Å². The second-order valence-corrected chi connectivity index (χ2v) is 5.17. The average Bonchev–Trinajstić information content (AvgIpc) is 2.97. The molecular formula is C12H13NOS. The molecule has 2 rings (SSSR count). The Morgan fingerprint density at radius 2 is 2.27 bits per heavy atom. The molecule has 78 valence electrons. The van der Waals surface area contributed by atoms with Crippen molar-refractivity contribution in [1.29, 1.82) is 5.26 Å².